The molecule has 0 aromatic heterocycles. The summed E-state index contributed by atoms with van der Waals surface area (Å²) in [7, 11) is 0. The van der Waals surface area contributed by atoms with E-state index in [1.165, 1.54) is 6.07 Å². The molecule has 0 bridgehead atoms. The molecule has 2 atom stereocenters. The number of hydrogen-bond acceptors (Lipinski definition) is 2. The first kappa shape index (κ1) is 19.9. The van der Waals surface area contributed by atoms with Crippen molar-refractivity contribution in [2.24, 2.45) is 11.7 Å². The third kappa shape index (κ3) is 5.29. The Balaban J connectivity index is 0.00000400. The third-order valence-electron chi connectivity index (χ3n) is 3.87. The van der Waals surface area contributed by atoms with E-state index in [-0.39, 0.29) is 30.0 Å². The van der Waals surface area contributed by atoms with Crippen LogP contribution in [0, 0.1) is 11.7 Å². The Hall–Kier alpha value is -1.13. The van der Waals surface area contributed by atoms with Crippen LogP contribution in [0.4, 0.5) is 4.39 Å². The highest BCUT2D eigenvalue weighted by atomic mass is 35.5. The molecular formula is C16H26ClFN2O. The van der Waals surface area contributed by atoms with Crippen LogP contribution in [-0.4, -0.2) is 18.5 Å². The van der Waals surface area contributed by atoms with Crippen molar-refractivity contribution in [3.05, 3.63) is 35.6 Å². The first-order valence-corrected chi connectivity index (χ1v) is 7.08. The van der Waals surface area contributed by atoms with Gasteiger partial charge in [0.1, 0.15) is 5.82 Å². The molecule has 0 radical (unpaired) electrons. The van der Waals surface area contributed by atoms with Gasteiger partial charge in [-0.25, -0.2) is 4.39 Å². The molecule has 0 saturated carbocycles. The number of nitrogens with one attached hydrogen (secondary N) is 1. The van der Waals surface area contributed by atoms with Gasteiger partial charge in [-0.3, -0.25) is 4.79 Å². The first-order valence-electron chi connectivity index (χ1n) is 7.08. The fourth-order valence-electron chi connectivity index (χ4n) is 2.04. The lowest BCUT2D eigenvalue weighted by Gasteiger charge is -2.27. The Morgan fingerprint density at radius 3 is 2.48 bits per heavy atom. The van der Waals surface area contributed by atoms with Crippen molar-refractivity contribution in [3.8, 4) is 0 Å². The van der Waals surface area contributed by atoms with Crippen LogP contribution in [-0.2, 0) is 10.2 Å². The van der Waals surface area contributed by atoms with Crippen molar-refractivity contribution in [1.29, 1.82) is 0 Å². The van der Waals surface area contributed by atoms with E-state index in [9.17, 15) is 9.18 Å². The largest absolute Gasteiger partial charge is 0.354 e. The number of benzene rings is 1. The Bertz CT molecular complexity index is 465. The van der Waals surface area contributed by atoms with E-state index in [1.54, 1.807) is 18.2 Å². The molecular weight excluding hydrogens is 291 g/mol. The number of carbonyl (C=O) groups is 1. The lowest BCUT2D eigenvalue weighted by atomic mass is 9.84. The Labute approximate surface area is 132 Å². The zero-order chi connectivity index (χ0) is 15.3. The average molecular weight is 317 g/mol. The fourth-order valence-corrected chi connectivity index (χ4v) is 2.04. The molecule has 0 fully saturated rings. The number of nitrogens with two attached hydrogens (primary N) is 1. The maximum Gasteiger partial charge on any atom is 0.237 e. The van der Waals surface area contributed by atoms with Crippen LogP contribution in [0.5, 0.6) is 0 Å². The van der Waals surface area contributed by atoms with E-state index in [0.717, 1.165) is 6.42 Å². The van der Waals surface area contributed by atoms with Crippen molar-refractivity contribution in [2.45, 2.75) is 45.6 Å². The average Bonchev–Trinajstić information content (AvgIpc) is 2.43. The second-order valence-electron chi connectivity index (χ2n) is 5.99. The van der Waals surface area contributed by atoms with Gasteiger partial charge >= 0.3 is 0 Å². The molecule has 1 rings (SSSR count). The first-order chi connectivity index (χ1) is 9.29. The molecule has 120 valence electrons. The SMILES string of the molecule is CCC(C)C(N)C(=O)NCC(C)(C)c1ccccc1F.Cl. The third-order valence-corrected chi connectivity index (χ3v) is 3.87. The van der Waals surface area contributed by atoms with Crippen molar-refractivity contribution >= 4 is 18.3 Å². The van der Waals surface area contributed by atoms with Crippen LogP contribution in [0.1, 0.15) is 39.7 Å². The summed E-state index contributed by atoms with van der Waals surface area (Å²) in [5, 5.41) is 2.83. The summed E-state index contributed by atoms with van der Waals surface area (Å²) in [6, 6.07) is 6.12. The van der Waals surface area contributed by atoms with Crippen LogP contribution in [0.2, 0.25) is 0 Å². The molecule has 1 aromatic rings. The second-order valence-corrected chi connectivity index (χ2v) is 5.99. The summed E-state index contributed by atoms with van der Waals surface area (Å²) >= 11 is 0. The van der Waals surface area contributed by atoms with Gasteiger partial charge in [-0.05, 0) is 17.5 Å². The topological polar surface area (TPSA) is 55.1 Å². The molecule has 21 heavy (non-hydrogen) atoms. The summed E-state index contributed by atoms with van der Waals surface area (Å²) in [6.45, 7) is 8.12. The number of halogens is 2. The monoisotopic (exact) mass is 316 g/mol. The van der Waals surface area contributed by atoms with Crippen molar-refractivity contribution in [1.82, 2.24) is 5.32 Å². The van der Waals surface area contributed by atoms with Crippen molar-refractivity contribution < 1.29 is 9.18 Å². The summed E-state index contributed by atoms with van der Waals surface area (Å²) in [6.07, 6.45) is 0.852. The molecule has 0 aliphatic heterocycles. The molecule has 0 aliphatic rings. The highest BCUT2D eigenvalue weighted by Crippen LogP contribution is 2.24. The highest BCUT2D eigenvalue weighted by molar-refractivity contribution is 5.85. The van der Waals surface area contributed by atoms with E-state index in [0.29, 0.717) is 12.1 Å². The smallest absolute Gasteiger partial charge is 0.237 e. The lowest BCUT2D eigenvalue weighted by molar-refractivity contribution is -0.123. The summed E-state index contributed by atoms with van der Waals surface area (Å²) in [5.41, 5.74) is 6.00. The van der Waals surface area contributed by atoms with E-state index >= 15 is 0 Å². The molecule has 0 heterocycles. The van der Waals surface area contributed by atoms with Gasteiger partial charge in [0.25, 0.3) is 0 Å². The van der Waals surface area contributed by atoms with Crippen LogP contribution < -0.4 is 11.1 Å². The number of amides is 1. The van der Waals surface area contributed by atoms with Gasteiger partial charge in [0.05, 0.1) is 6.04 Å². The molecule has 3 N–H and O–H groups in total. The standard InChI is InChI=1S/C16H25FN2O.ClH/c1-5-11(2)14(18)15(20)19-10-16(3,4)12-8-6-7-9-13(12)17;/h6-9,11,14H,5,10,18H2,1-4H3,(H,19,20);1H. The zero-order valence-corrected chi connectivity index (χ0v) is 14.0. The minimum Gasteiger partial charge on any atom is -0.354 e. The van der Waals surface area contributed by atoms with Gasteiger partial charge in [0.2, 0.25) is 5.91 Å². The lowest BCUT2D eigenvalue weighted by Crippen LogP contribution is -2.48. The molecule has 0 aliphatic carbocycles. The predicted molar refractivity (Wildman–Crippen MR) is 87.1 cm³/mol. The van der Waals surface area contributed by atoms with E-state index < -0.39 is 11.5 Å². The fraction of sp³-hybridized carbons (Fsp3) is 0.562. The van der Waals surface area contributed by atoms with Gasteiger partial charge < -0.3 is 11.1 Å². The van der Waals surface area contributed by atoms with Crippen LogP contribution in [0.3, 0.4) is 0 Å². The van der Waals surface area contributed by atoms with E-state index in [1.807, 2.05) is 27.7 Å². The molecule has 2 unspecified atom stereocenters. The zero-order valence-electron chi connectivity index (χ0n) is 13.2. The van der Waals surface area contributed by atoms with Crippen molar-refractivity contribution in [2.75, 3.05) is 6.54 Å². The molecule has 3 nitrogen and oxygen atoms in total. The molecule has 1 aromatic carbocycles. The van der Waals surface area contributed by atoms with E-state index in [4.69, 9.17) is 5.73 Å². The molecule has 5 heteroatoms. The summed E-state index contributed by atoms with van der Waals surface area (Å²) < 4.78 is 13.8. The molecule has 0 saturated heterocycles. The second kappa shape index (κ2) is 8.35. The predicted octanol–water partition coefficient (Wildman–Crippen LogP) is 3.01. The van der Waals surface area contributed by atoms with Gasteiger partial charge in [0, 0.05) is 12.0 Å². The number of carbonyl (C=O) groups excluding carboxylic acids is 1. The normalized spacial score (nSPS) is 14.0. The van der Waals surface area contributed by atoms with E-state index in [2.05, 4.69) is 5.32 Å². The summed E-state index contributed by atoms with van der Waals surface area (Å²) in [5.74, 6) is -0.298. The molecule has 0 spiro atoms. The number of hydrogen-bond donors (Lipinski definition) is 2. The quantitative estimate of drug-likeness (QED) is 0.847. The Kier molecular flexibility index (Phi) is 7.90. The minimum absolute atomic E-state index is 0. The highest BCUT2D eigenvalue weighted by Gasteiger charge is 2.26. The van der Waals surface area contributed by atoms with Crippen LogP contribution in [0.15, 0.2) is 24.3 Å². The van der Waals surface area contributed by atoms with Gasteiger partial charge in [0.15, 0.2) is 0 Å². The Morgan fingerprint density at radius 2 is 1.95 bits per heavy atom. The minimum atomic E-state index is -0.517. The van der Waals surface area contributed by atoms with Gasteiger partial charge in [-0.15, -0.1) is 12.4 Å². The van der Waals surface area contributed by atoms with Gasteiger partial charge in [-0.1, -0.05) is 52.3 Å². The van der Waals surface area contributed by atoms with Gasteiger partial charge in [-0.2, -0.15) is 0 Å². The van der Waals surface area contributed by atoms with Crippen molar-refractivity contribution in [3.63, 3.8) is 0 Å². The van der Waals surface area contributed by atoms with Crippen LogP contribution >= 0.6 is 12.4 Å². The maximum atomic E-state index is 13.8. The Morgan fingerprint density at radius 1 is 1.38 bits per heavy atom. The molecule has 1 amide bonds. The van der Waals surface area contributed by atoms with Crippen LogP contribution in [0.25, 0.3) is 0 Å². The summed E-state index contributed by atoms with van der Waals surface area (Å²) in [4.78, 5) is 12.0. The number of rotatable bonds is 6. The maximum absolute atomic E-state index is 13.8.